The lowest BCUT2D eigenvalue weighted by Gasteiger charge is -2.08. The Kier molecular flexibility index (Phi) is 4.28. The lowest BCUT2D eigenvalue weighted by Crippen LogP contribution is -2.00. The summed E-state index contributed by atoms with van der Waals surface area (Å²) in [6.45, 7) is 0. The number of thiophene rings is 1. The highest BCUT2D eigenvalue weighted by atomic mass is 32.2. The van der Waals surface area contributed by atoms with Gasteiger partial charge in [-0.2, -0.15) is 4.68 Å². The number of rotatable bonds is 4. The maximum Gasteiger partial charge on any atom is 0.220 e. The zero-order chi connectivity index (χ0) is 19.9. The summed E-state index contributed by atoms with van der Waals surface area (Å²) in [6.07, 6.45) is 6.93. The molecule has 1 aromatic carbocycles. The number of hydrogen-bond donors (Lipinski definition) is 0. The molecule has 0 spiro atoms. The van der Waals surface area contributed by atoms with Crippen molar-refractivity contribution in [1.29, 1.82) is 0 Å². The van der Waals surface area contributed by atoms with Crippen LogP contribution in [0.2, 0.25) is 0 Å². The van der Waals surface area contributed by atoms with Crippen LogP contribution < -0.4 is 0 Å². The summed E-state index contributed by atoms with van der Waals surface area (Å²) >= 11 is 3.27. The third-order valence-corrected chi connectivity index (χ3v) is 7.19. The third-order valence-electron chi connectivity index (χ3n) is 5.08. The highest BCUT2D eigenvalue weighted by Crippen LogP contribution is 2.42. The van der Waals surface area contributed by atoms with Gasteiger partial charge < -0.3 is 0 Å². The molecule has 6 rings (SSSR count). The molecule has 1 aliphatic carbocycles. The quantitative estimate of drug-likeness (QED) is 0.392. The van der Waals surface area contributed by atoms with E-state index in [9.17, 15) is 0 Å². The Hall–Kier alpha value is -3.17. The predicted octanol–water partition coefficient (Wildman–Crippen LogP) is 4.37. The molecular formula is C21H15N7S2. The molecule has 146 valence electrons. The fraction of sp³-hybridized carbons (Fsp3) is 0.143. The molecule has 0 saturated heterocycles. The van der Waals surface area contributed by atoms with Crippen LogP contribution in [0, 0.1) is 0 Å². The van der Waals surface area contributed by atoms with Gasteiger partial charge in [0.1, 0.15) is 9.86 Å². The highest BCUT2D eigenvalue weighted by Gasteiger charge is 2.24. The first-order valence-electron chi connectivity index (χ1n) is 9.61. The van der Waals surface area contributed by atoms with Crippen molar-refractivity contribution < 1.29 is 0 Å². The monoisotopic (exact) mass is 429 g/mol. The molecule has 4 aromatic heterocycles. The summed E-state index contributed by atoms with van der Waals surface area (Å²) in [4.78, 5) is 16.5. The zero-order valence-corrected chi connectivity index (χ0v) is 17.4. The fourth-order valence-electron chi connectivity index (χ4n) is 3.72. The van der Waals surface area contributed by atoms with Crippen molar-refractivity contribution in [3.05, 3.63) is 65.3 Å². The molecule has 1 aliphatic rings. The summed E-state index contributed by atoms with van der Waals surface area (Å²) in [5.41, 5.74) is 3.20. The van der Waals surface area contributed by atoms with Crippen molar-refractivity contribution >= 4 is 33.3 Å². The minimum absolute atomic E-state index is 0.677. The van der Waals surface area contributed by atoms with Gasteiger partial charge in [-0.3, -0.25) is 4.98 Å². The van der Waals surface area contributed by atoms with E-state index in [0.29, 0.717) is 11.0 Å². The van der Waals surface area contributed by atoms with Crippen LogP contribution in [0.4, 0.5) is 0 Å². The van der Waals surface area contributed by atoms with Crippen LogP contribution in [0.3, 0.4) is 0 Å². The molecule has 9 heteroatoms. The number of para-hydroxylation sites is 1. The van der Waals surface area contributed by atoms with Gasteiger partial charge in [0.25, 0.3) is 0 Å². The van der Waals surface area contributed by atoms with Crippen LogP contribution in [-0.4, -0.2) is 35.2 Å². The molecule has 4 heterocycles. The van der Waals surface area contributed by atoms with Gasteiger partial charge in [0.2, 0.25) is 5.16 Å². The molecule has 0 atom stereocenters. The summed E-state index contributed by atoms with van der Waals surface area (Å²) in [5, 5.41) is 15.1. The van der Waals surface area contributed by atoms with Gasteiger partial charge in [-0.25, -0.2) is 9.97 Å². The smallest absolute Gasteiger partial charge is 0.220 e. The molecule has 0 fully saturated rings. The molecular weight excluding hydrogens is 414 g/mol. The average Bonchev–Trinajstić information content (AvgIpc) is 3.51. The molecule has 7 nitrogen and oxygen atoms in total. The molecule has 0 N–H and O–H groups in total. The lowest BCUT2D eigenvalue weighted by atomic mass is 10.2. The van der Waals surface area contributed by atoms with Gasteiger partial charge in [0.15, 0.2) is 5.82 Å². The number of nitrogens with zero attached hydrogens (tertiary/aromatic N) is 7. The second-order valence-corrected chi connectivity index (χ2v) is 8.98. The van der Waals surface area contributed by atoms with E-state index in [1.807, 2.05) is 42.5 Å². The van der Waals surface area contributed by atoms with E-state index < -0.39 is 0 Å². The number of fused-ring (bicyclic) bond motifs is 3. The zero-order valence-electron chi connectivity index (χ0n) is 15.8. The van der Waals surface area contributed by atoms with Crippen molar-refractivity contribution in [2.45, 2.75) is 29.4 Å². The molecule has 0 radical (unpaired) electrons. The van der Waals surface area contributed by atoms with Gasteiger partial charge in [0.05, 0.1) is 5.69 Å². The summed E-state index contributed by atoms with van der Waals surface area (Å²) in [7, 11) is 0. The van der Waals surface area contributed by atoms with Gasteiger partial charge in [-0.1, -0.05) is 18.2 Å². The van der Waals surface area contributed by atoms with E-state index in [-0.39, 0.29) is 0 Å². The van der Waals surface area contributed by atoms with Crippen LogP contribution in [0.5, 0.6) is 0 Å². The van der Waals surface area contributed by atoms with E-state index in [0.717, 1.165) is 39.3 Å². The minimum Gasteiger partial charge on any atom is -0.264 e. The highest BCUT2D eigenvalue weighted by molar-refractivity contribution is 7.99. The van der Waals surface area contributed by atoms with E-state index in [4.69, 9.17) is 9.97 Å². The molecule has 0 unspecified atom stereocenters. The SMILES string of the molecule is c1ccc(-n2nnnc2Sc2nc(-c3cccnc3)nc3sc4c(c23)CCC4)cc1. The summed E-state index contributed by atoms with van der Waals surface area (Å²) in [6, 6.07) is 13.8. The number of hydrogen-bond acceptors (Lipinski definition) is 8. The first-order valence-corrected chi connectivity index (χ1v) is 11.2. The normalized spacial score (nSPS) is 13.1. The fourth-order valence-corrected chi connectivity index (χ4v) is 5.98. The van der Waals surface area contributed by atoms with Gasteiger partial charge in [-0.05, 0) is 71.3 Å². The van der Waals surface area contributed by atoms with Crippen molar-refractivity contribution in [2.75, 3.05) is 0 Å². The van der Waals surface area contributed by atoms with E-state index >= 15 is 0 Å². The maximum atomic E-state index is 4.94. The molecule has 30 heavy (non-hydrogen) atoms. The van der Waals surface area contributed by atoms with E-state index in [1.165, 1.54) is 28.6 Å². The van der Waals surface area contributed by atoms with Crippen molar-refractivity contribution in [3.8, 4) is 17.1 Å². The van der Waals surface area contributed by atoms with Crippen LogP contribution in [0.15, 0.2) is 65.0 Å². The second-order valence-electron chi connectivity index (χ2n) is 6.94. The second kappa shape index (κ2) is 7.26. The van der Waals surface area contributed by atoms with Crippen molar-refractivity contribution in [1.82, 2.24) is 35.2 Å². The van der Waals surface area contributed by atoms with Crippen LogP contribution in [0.1, 0.15) is 16.9 Å². The average molecular weight is 430 g/mol. The first kappa shape index (κ1) is 17.7. The van der Waals surface area contributed by atoms with E-state index in [1.54, 1.807) is 28.4 Å². The Balaban J connectivity index is 1.52. The third kappa shape index (κ3) is 2.98. The van der Waals surface area contributed by atoms with Gasteiger partial charge >= 0.3 is 0 Å². The lowest BCUT2D eigenvalue weighted by molar-refractivity contribution is 0.756. The molecule has 0 bridgehead atoms. The summed E-state index contributed by atoms with van der Waals surface area (Å²) < 4.78 is 1.74. The Morgan fingerprint density at radius 2 is 1.93 bits per heavy atom. The molecule has 0 aliphatic heterocycles. The molecule has 0 amide bonds. The number of tetrazole rings is 1. The predicted molar refractivity (Wildman–Crippen MR) is 116 cm³/mol. The first-order chi connectivity index (χ1) is 14.9. The van der Waals surface area contributed by atoms with Crippen LogP contribution in [-0.2, 0) is 12.8 Å². The maximum absolute atomic E-state index is 4.94. The Morgan fingerprint density at radius 1 is 1.00 bits per heavy atom. The molecule has 5 aromatic rings. The van der Waals surface area contributed by atoms with Crippen LogP contribution >= 0.6 is 23.1 Å². The minimum atomic E-state index is 0.677. The van der Waals surface area contributed by atoms with Crippen molar-refractivity contribution in [2.24, 2.45) is 0 Å². The standard InChI is InChI=1S/C21H15N7S2/c1-2-7-14(8-3-1)28-21(25-26-27-28)30-20-17-15-9-4-10-16(15)29-19(17)23-18(24-20)13-6-5-11-22-12-13/h1-3,5-8,11-12H,4,9-10H2. The number of benzene rings is 1. The molecule has 0 saturated carbocycles. The topological polar surface area (TPSA) is 82.3 Å². The van der Waals surface area contributed by atoms with Crippen molar-refractivity contribution in [3.63, 3.8) is 0 Å². The van der Waals surface area contributed by atoms with Crippen LogP contribution in [0.25, 0.3) is 27.3 Å². The number of aromatic nitrogens is 7. The Labute approximate surface area is 180 Å². The van der Waals surface area contributed by atoms with E-state index in [2.05, 4.69) is 20.5 Å². The summed E-state index contributed by atoms with van der Waals surface area (Å²) in [5.74, 6) is 0.678. The largest absolute Gasteiger partial charge is 0.264 e. The van der Waals surface area contributed by atoms with Gasteiger partial charge in [-0.15, -0.1) is 16.4 Å². The Morgan fingerprint density at radius 3 is 2.80 bits per heavy atom. The number of aryl methyl sites for hydroxylation is 2. The Bertz CT molecular complexity index is 1350. The van der Waals surface area contributed by atoms with Gasteiger partial charge in [0, 0.05) is 28.2 Å². The number of pyridine rings is 1.